The molecule has 1 aromatic rings. The third-order valence-corrected chi connectivity index (χ3v) is 3.41. The van der Waals surface area contributed by atoms with Crippen LogP contribution >= 0.6 is 11.6 Å². The number of hydrogen-bond donors (Lipinski definition) is 1. The van der Waals surface area contributed by atoms with Crippen LogP contribution in [0.1, 0.15) is 24.8 Å². The van der Waals surface area contributed by atoms with Gasteiger partial charge >= 0.3 is 0 Å². The van der Waals surface area contributed by atoms with Crippen LogP contribution in [-0.4, -0.2) is 12.2 Å². The summed E-state index contributed by atoms with van der Waals surface area (Å²) in [6.45, 7) is 0. The van der Waals surface area contributed by atoms with E-state index in [-0.39, 0.29) is 5.75 Å². The Bertz CT molecular complexity index is 461. The molecule has 0 spiro atoms. The predicted molar refractivity (Wildman–Crippen MR) is 60.8 cm³/mol. The van der Waals surface area contributed by atoms with Crippen molar-refractivity contribution < 1.29 is 9.84 Å². The van der Waals surface area contributed by atoms with E-state index < -0.39 is 5.41 Å². The number of aromatic hydroxyl groups is 1. The first-order valence-electron chi connectivity index (χ1n) is 5.11. The second kappa shape index (κ2) is 3.88. The maximum absolute atomic E-state index is 10.0. The van der Waals surface area contributed by atoms with E-state index in [1.165, 1.54) is 7.11 Å². The van der Waals surface area contributed by atoms with Gasteiger partial charge < -0.3 is 9.84 Å². The molecule has 0 heterocycles. The molecule has 3 nitrogen and oxygen atoms in total. The fourth-order valence-electron chi connectivity index (χ4n) is 2.07. The van der Waals surface area contributed by atoms with Crippen LogP contribution in [0.15, 0.2) is 12.1 Å². The van der Waals surface area contributed by atoms with Gasteiger partial charge in [0.1, 0.15) is 0 Å². The number of hydrogen-bond acceptors (Lipinski definition) is 3. The first kappa shape index (κ1) is 11.1. The monoisotopic (exact) mass is 237 g/mol. The first-order chi connectivity index (χ1) is 7.63. The molecule has 1 saturated carbocycles. The summed E-state index contributed by atoms with van der Waals surface area (Å²) in [5, 5.41) is 19.7. The van der Waals surface area contributed by atoms with Gasteiger partial charge in [-0.15, -0.1) is 0 Å². The molecule has 2 rings (SSSR count). The number of phenolic OH excluding ortho intramolecular Hbond substituents is 1. The second-order valence-electron chi connectivity index (χ2n) is 4.05. The molecule has 0 atom stereocenters. The van der Waals surface area contributed by atoms with Crippen molar-refractivity contribution in [2.45, 2.75) is 24.7 Å². The first-order valence-corrected chi connectivity index (χ1v) is 5.49. The minimum absolute atomic E-state index is 0.0353. The summed E-state index contributed by atoms with van der Waals surface area (Å²) in [6.07, 6.45) is 2.53. The minimum atomic E-state index is -0.581. The molecular weight excluding hydrogens is 226 g/mol. The highest BCUT2D eigenvalue weighted by molar-refractivity contribution is 6.30. The van der Waals surface area contributed by atoms with Gasteiger partial charge in [-0.05, 0) is 25.3 Å². The molecule has 0 radical (unpaired) electrons. The lowest BCUT2D eigenvalue weighted by atomic mass is 9.65. The highest BCUT2D eigenvalue weighted by Crippen LogP contribution is 2.49. The van der Waals surface area contributed by atoms with Crippen molar-refractivity contribution in [1.29, 1.82) is 5.26 Å². The molecule has 4 heteroatoms. The quantitative estimate of drug-likeness (QED) is 0.860. The van der Waals surface area contributed by atoms with Crippen LogP contribution in [0, 0.1) is 11.3 Å². The third kappa shape index (κ3) is 1.50. The van der Waals surface area contributed by atoms with E-state index in [1.54, 1.807) is 12.1 Å². The summed E-state index contributed by atoms with van der Waals surface area (Å²) in [4.78, 5) is 0. The van der Waals surface area contributed by atoms with Crippen molar-refractivity contribution in [3.05, 3.63) is 22.7 Å². The molecule has 0 amide bonds. The highest BCUT2D eigenvalue weighted by Gasteiger charge is 2.41. The zero-order valence-corrected chi connectivity index (χ0v) is 9.71. The fraction of sp³-hybridized carbons (Fsp3) is 0.417. The summed E-state index contributed by atoms with van der Waals surface area (Å²) in [5.41, 5.74) is 0.00743. The van der Waals surface area contributed by atoms with E-state index in [0.29, 0.717) is 16.3 Å². The summed E-state index contributed by atoms with van der Waals surface area (Å²) in [6, 6.07) is 5.48. The van der Waals surface area contributed by atoms with Crippen LogP contribution in [0.5, 0.6) is 11.5 Å². The van der Waals surface area contributed by atoms with Gasteiger partial charge in [0.15, 0.2) is 11.5 Å². The molecule has 0 aliphatic heterocycles. The number of methoxy groups -OCH3 is 1. The summed E-state index contributed by atoms with van der Waals surface area (Å²) >= 11 is 5.94. The van der Waals surface area contributed by atoms with E-state index in [4.69, 9.17) is 16.3 Å². The van der Waals surface area contributed by atoms with Crippen LogP contribution in [0.4, 0.5) is 0 Å². The Morgan fingerprint density at radius 2 is 2.19 bits per heavy atom. The SMILES string of the molecule is COc1cc(Cl)cc(C2(C#N)CCC2)c1O. The van der Waals surface area contributed by atoms with Gasteiger partial charge in [0.2, 0.25) is 0 Å². The lowest BCUT2D eigenvalue weighted by Gasteiger charge is -2.36. The van der Waals surface area contributed by atoms with Crippen LogP contribution in [-0.2, 0) is 5.41 Å². The molecule has 0 bridgehead atoms. The zero-order chi connectivity index (χ0) is 11.8. The maximum atomic E-state index is 10.0. The molecule has 1 aromatic carbocycles. The van der Waals surface area contributed by atoms with E-state index in [9.17, 15) is 10.4 Å². The average molecular weight is 238 g/mol. The molecule has 16 heavy (non-hydrogen) atoms. The molecule has 1 fully saturated rings. The molecule has 84 valence electrons. The predicted octanol–water partition coefficient (Wildman–Crippen LogP) is 3.00. The van der Waals surface area contributed by atoms with Crippen LogP contribution in [0.3, 0.4) is 0 Å². The standard InChI is InChI=1S/C12H12ClNO2/c1-16-10-6-8(13)5-9(11(10)15)12(7-14)3-2-4-12/h5-6,15H,2-4H2,1H3. The van der Waals surface area contributed by atoms with Crippen LogP contribution in [0.25, 0.3) is 0 Å². The van der Waals surface area contributed by atoms with E-state index in [1.807, 2.05) is 0 Å². The van der Waals surface area contributed by atoms with Gasteiger partial charge in [-0.3, -0.25) is 0 Å². The molecule has 1 aliphatic carbocycles. The third-order valence-electron chi connectivity index (χ3n) is 3.20. The van der Waals surface area contributed by atoms with Crippen molar-refractivity contribution >= 4 is 11.6 Å². The molecule has 0 saturated heterocycles. The van der Waals surface area contributed by atoms with Gasteiger partial charge in [0, 0.05) is 16.7 Å². The van der Waals surface area contributed by atoms with Crippen molar-refractivity contribution in [1.82, 2.24) is 0 Å². The Morgan fingerprint density at radius 1 is 1.50 bits per heavy atom. The summed E-state index contributed by atoms with van der Waals surface area (Å²) in [5.74, 6) is 0.358. The molecule has 1 aliphatic rings. The number of ether oxygens (including phenoxy) is 1. The Labute approximate surface area is 99.2 Å². The Balaban J connectivity index is 2.56. The Morgan fingerprint density at radius 3 is 2.62 bits per heavy atom. The number of nitrogens with zero attached hydrogens (tertiary/aromatic N) is 1. The van der Waals surface area contributed by atoms with Gasteiger partial charge in [-0.25, -0.2) is 0 Å². The van der Waals surface area contributed by atoms with E-state index >= 15 is 0 Å². The lowest BCUT2D eigenvalue weighted by molar-refractivity contribution is 0.303. The second-order valence-corrected chi connectivity index (χ2v) is 4.49. The molecule has 0 unspecified atom stereocenters. The van der Waals surface area contributed by atoms with E-state index in [2.05, 4.69) is 6.07 Å². The van der Waals surface area contributed by atoms with Crippen molar-refractivity contribution in [3.8, 4) is 17.6 Å². The minimum Gasteiger partial charge on any atom is -0.504 e. The number of halogens is 1. The van der Waals surface area contributed by atoms with Crippen molar-refractivity contribution in [3.63, 3.8) is 0 Å². The molecular formula is C12H12ClNO2. The van der Waals surface area contributed by atoms with Gasteiger partial charge in [0.25, 0.3) is 0 Å². The average Bonchev–Trinajstić information content (AvgIpc) is 2.21. The fourth-order valence-corrected chi connectivity index (χ4v) is 2.27. The van der Waals surface area contributed by atoms with E-state index in [0.717, 1.165) is 19.3 Å². The van der Waals surface area contributed by atoms with Gasteiger partial charge in [-0.1, -0.05) is 11.6 Å². The largest absolute Gasteiger partial charge is 0.504 e. The lowest BCUT2D eigenvalue weighted by Crippen LogP contribution is -2.32. The highest BCUT2D eigenvalue weighted by atomic mass is 35.5. The number of rotatable bonds is 2. The normalized spacial score (nSPS) is 17.3. The summed E-state index contributed by atoms with van der Waals surface area (Å²) in [7, 11) is 1.47. The van der Waals surface area contributed by atoms with Gasteiger partial charge in [0.05, 0.1) is 18.6 Å². The van der Waals surface area contributed by atoms with Gasteiger partial charge in [-0.2, -0.15) is 5.26 Å². The zero-order valence-electron chi connectivity index (χ0n) is 8.96. The smallest absolute Gasteiger partial charge is 0.162 e. The maximum Gasteiger partial charge on any atom is 0.162 e. The van der Waals surface area contributed by atoms with Crippen molar-refractivity contribution in [2.24, 2.45) is 0 Å². The number of phenols is 1. The van der Waals surface area contributed by atoms with Crippen molar-refractivity contribution in [2.75, 3.05) is 7.11 Å². The molecule has 1 N–H and O–H groups in total. The Kier molecular flexibility index (Phi) is 2.69. The number of nitriles is 1. The van der Waals surface area contributed by atoms with Crippen LogP contribution in [0.2, 0.25) is 5.02 Å². The van der Waals surface area contributed by atoms with Crippen LogP contribution < -0.4 is 4.74 Å². The topological polar surface area (TPSA) is 53.2 Å². The number of benzene rings is 1. The molecule has 0 aromatic heterocycles. The Hall–Kier alpha value is -1.40. The summed E-state index contributed by atoms with van der Waals surface area (Å²) < 4.78 is 5.03.